The Bertz CT molecular complexity index is 919. The Kier molecular flexibility index (Phi) is 6.47. The Labute approximate surface area is 158 Å². The van der Waals surface area contributed by atoms with Gasteiger partial charge in [-0.05, 0) is 37.3 Å². The minimum absolute atomic E-state index is 0.0166. The highest BCUT2D eigenvalue weighted by Crippen LogP contribution is 2.27. The van der Waals surface area contributed by atoms with Crippen LogP contribution in [-0.4, -0.2) is 17.4 Å². The van der Waals surface area contributed by atoms with Gasteiger partial charge in [0.2, 0.25) is 0 Å². The number of rotatable bonds is 6. The van der Waals surface area contributed by atoms with Gasteiger partial charge in [-0.1, -0.05) is 28.1 Å². The Morgan fingerprint density at radius 1 is 1.38 bits per heavy atom. The van der Waals surface area contributed by atoms with Gasteiger partial charge in [0.1, 0.15) is 23.1 Å². The molecule has 132 valence electrons. The summed E-state index contributed by atoms with van der Waals surface area (Å²) < 4.78 is 6.24. The summed E-state index contributed by atoms with van der Waals surface area (Å²) in [6, 6.07) is 12.7. The third kappa shape index (κ3) is 4.68. The number of para-hydroxylation sites is 2. The van der Waals surface area contributed by atoms with E-state index in [0.717, 1.165) is 4.47 Å². The summed E-state index contributed by atoms with van der Waals surface area (Å²) in [7, 11) is 0. The van der Waals surface area contributed by atoms with Crippen molar-refractivity contribution in [1.29, 1.82) is 5.26 Å². The second kappa shape index (κ2) is 8.78. The van der Waals surface area contributed by atoms with Crippen LogP contribution in [0.1, 0.15) is 12.5 Å². The SMILES string of the molecule is CCOc1ccc(Br)cc1/C=C(\C#N)C(=O)Nc1ccccc1[N+](=O)[O-]. The largest absolute Gasteiger partial charge is 0.493 e. The second-order valence-corrected chi connectivity index (χ2v) is 5.93. The Morgan fingerprint density at radius 2 is 2.12 bits per heavy atom. The van der Waals surface area contributed by atoms with Gasteiger partial charge in [0.25, 0.3) is 11.6 Å². The lowest BCUT2D eigenvalue weighted by Gasteiger charge is -2.09. The minimum Gasteiger partial charge on any atom is -0.493 e. The van der Waals surface area contributed by atoms with Gasteiger partial charge in [0, 0.05) is 16.1 Å². The smallest absolute Gasteiger partial charge is 0.292 e. The van der Waals surface area contributed by atoms with Gasteiger partial charge in [0.15, 0.2) is 0 Å². The van der Waals surface area contributed by atoms with Crippen molar-refractivity contribution in [3.05, 3.63) is 68.2 Å². The molecule has 0 aliphatic carbocycles. The predicted octanol–water partition coefficient (Wildman–Crippen LogP) is 4.30. The van der Waals surface area contributed by atoms with E-state index < -0.39 is 10.8 Å². The minimum atomic E-state index is -0.746. The van der Waals surface area contributed by atoms with Crippen molar-refractivity contribution in [3.63, 3.8) is 0 Å². The van der Waals surface area contributed by atoms with E-state index in [1.165, 1.54) is 24.3 Å². The van der Waals surface area contributed by atoms with Crippen molar-refractivity contribution < 1.29 is 14.5 Å². The van der Waals surface area contributed by atoms with E-state index >= 15 is 0 Å². The third-order valence-electron chi connectivity index (χ3n) is 3.29. The molecule has 2 aromatic carbocycles. The molecule has 1 amide bonds. The molecule has 0 atom stereocenters. The maximum Gasteiger partial charge on any atom is 0.292 e. The first-order valence-corrected chi connectivity index (χ1v) is 8.34. The first-order valence-electron chi connectivity index (χ1n) is 7.55. The quantitative estimate of drug-likeness (QED) is 0.327. The number of nitriles is 1. The van der Waals surface area contributed by atoms with E-state index in [9.17, 15) is 20.2 Å². The molecule has 0 aliphatic heterocycles. The lowest BCUT2D eigenvalue weighted by molar-refractivity contribution is -0.383. The molecule has 0 fully saturated rings. The molecule has 0 unspecified atom stereocenters. The molecule has 0 saturated carbocycles. The monoisotopic (exact) mass is 415 g/mol. The molecule has 0 aromatic heterocycles. The number of ether oxygens (including phenoxy) is 1. The maximum absolute atomic E-state index is 12.4. The summed E-state index contributed by atoms with van der Waals surface area (Å²) in [4.78, 5) is 22.8. The number of carbonyl (C=O) groups is 1. The van der Waals surface area contributed by atoms with E-state index in [1.54, 1.807) is 24.3 Å². The normalized spacial score (nSPS) is 10.7. The van der Waals surface area contributed by atoms with Crippen LogP contribution in [0.15, 0.2) is 52.5 Å². The van der Waals surface area contributed by atoms with Crippen LogP contribution in [0.2, 0.25) is 0 Å². The van der Waals surface area contributed by atoms with Gasteiger partial charge in [-0.25, -0.2) is 0 Å². The maximum atomic E-state index is 12.4. The number of nitrogens with one attached hydrogen (secondary N) is 1. The molecule has 26 heavy (non-hydrogen) atoms. The Morgan fingerprint density at radius 3 is 2.77 bits per heavy atom. The van der Waals surface area contributed by atoms with Crippen molar-refractivity contribution >= 4 is 39.3 Å². The standard InChI is InChI=1S/C18H14BrN3O4/c1-2-26-17-8-7-14(19)10-12(17)9-13(11-20)18(23)21-15-5-3-4-6-16(15)22(24)25/h3-10H,2H2,1H3,(H,21,23)/b13-9+. The number of benzene rings is 2. The van der Waals surface area contributed by atoms with E-state index in [1.807, 2.05) is 13.0 Å². The molecule has 2 aromatic rings. The van der Waals surface area contributed by atoms with E-state index in [2.05, 4.69) is 21.2 Å². The van der Waals surface area contributed by atoms with Crippen LogP contribution >= 0.6 is 15.9 Å². The van der Waals surface area contributed by atoms with Gasteiger partial charge >= 0.3 is 0 Å². The fourth-order valence-corrected chi connectivity index (χ4v) is 2.53. The number of nitrogens with zero attached hydrogens (tertiary/aromatic N) is 2. The molecule has 0 radical (unpaired) electrons. The zero-order chi connectivity index (χ0) is 19.1. The molecule has 7 nitrogen and oxygen atoms in total. The highest BCUT2D eigenvalue weighted by Gasteiger charge is 2.17. The summed E-state index contributed by atoms with van der Waals surface area (Å²) in [5.41, 5.74) is 0.0937. The average Bonchev–Trinajstić information content (AvgIpc) is 2.62. The lowest BCUT2D eigenvalue weighted by Crippen LogP contribution is -2.14. The number of hydrogen-bond donors (Lipinski definition) is 1. The van der Waals surface area contributed by atoms with Crippen LogP contribution in [0.25, 0.3) is 6.08 Å². The Hall–Kier alpha value is -3.18. The molecular weight excluding hydrogens is 402 g/mol. The number of amides is 1. The van der Waals surface area contributed by atoms with Gasteiger partial charge < -0.3 is 10.1 Å². The molecule has 0 aliphatic rings. The Balaban J connectivity index is 2.36. The van der Waals surface area contributed by atoms with Crippen molar-refractivity contribution in [2.24, 2.45) is 0 Å². The summed E-state index contributed by atoms with van der Waals surface area (Å²) >= 11 is 3.33. The molecule has 0 bridgehead atoms. The third-order valence-corrected chi connectivity index (χ3v) is 3.78. The fraction of sp³-hybridized carbons (Fsp3) is 0.111. The van der Waals surface area contributed by atoms with Gasteiger partial charge in [-0.3, -0.25) is 14.9 Å². The summed E-state index contributed by atoms with van der Waals surface area (Å²) in [6.45, 7) is 2.24. The molecule has 2 rings (SSSR count). The molecule has 8 heteroatoms. The highest BCUT2D eigenvalue weighted by atomic mass is 79.9. The van der Waals surface area contributed by atoms with Crippen molar-refractivity contribution in [2.75, 3.05) is 11.9 Å². The topological polar surface area (TPSA) is 105 Å². The number of carbonyl (C=O) groups excluding carboxylic acids is 1. The zero-order valence-corrected chi connectivity index (χ0v) is 15.3. The van der Waals surface area contributed by atoms with Crippen LogP contribution in [0, 0.1) is 21.4 Å². The first-order chi connectivity index (χ1) is 12.5. The number of nitro groups is 1. The predicted molar refractivity (Wildman–Crippen MR) is 101 cm³/mol. The van der Waals surface area contributed by atoms with E-state index in [0.29, 0.717) is 17.9 Å². The van der Waals surface area contributed by atoms with Gasteiger partial charge in [-0.15, -0.1) is 0 Å². The number of halogens is 1. The molecule has 1 N–H and O–H groups in total. The zero-order valence-electron chi connectivity index (χ0n) is 13.7. The number of hydrogen-bond acceptors (Lipinski definition) is 5. The van der Waals surface area contributed by atoms with Crippen LogP contribution in [0.4, 0.5) is 11.4 Å². The molecule has 0 heterocycles. The summed E-state index contributed by atoms with van der Waals surface area (Å²) in [6.07, 6.45) is 1.37. The summed E-state index contributed by atoms with van der Waals surface area (Å²) in [5, 5.41) is 22.8. The van der Waals surface area contributed by atoms with Crippen LogP contribution in [0.3, 0.4) is 0 Å². The lowest BCUT2D eigenvalue weighted by atomic mass is 10.1. The number of anilines is 1. The van der Waals surface area contributed by atoms with Crippen molar-refractivity contribution in [3.8, 4) is 11.8 Å². The molecule has 0 saturated heterocycles. The van der Waals surface area contributed by atoms with Crippen molar-refractivity contribution in [2.45, 2.75) is 6.92 Å². The average molecular weight is 416 g/mol. The first kappa shape index (κ1) is 19.1. The van der Waals surface area contributed by atoms with E-state index in [-0.39, 0.29) is 16.9 Å². The van der Waals surface area contributed by atoms with Crippen LogP contribution in [-0.2, 0) is 4.79 Å². The van der Waals surface area contributed by atoms with Gasteiger partial charge in [-0.2, -0.15) is 5.26 Å². The van der Waals surface area contributed by atoms with E-state index in [4.69, 9.17) is 4.74 Å². The van der Waals surface area contributed by atoms with Gasteiger partial charge in [0.05, 0.1) is 11.5 Å². The fourth-order valence-electron chi connectivity index (χ4n) is 2.15. The van der Waals surface area contributed by atoms with Crippen LogP contribution in [0.5, 0.6) is 5.75 Å². The number of nitro benzene ring substituents is 1. The molecular formula is C18H14BrN3O4. The highest BCUT2D eigenvalue weighted by molar-refractivity contribution is 9.10. The summed E-state index contributed by atoms with van der Waals surface area (Å²) in [5.74, 6) is -0.230. The molecule has 0 spiro atoms. The van der Waals surface area contributed by atoms with Crippen LogP contribution < -0.4 is 10.1 Å². The second-order valence-electron chi connectivity index (χ2n) is 5.01. The van der Waals surface area contributed by atoms with Crippen molar-refractivity contribution in [1.82, 2.24) is 0 Å².